The molecule has 0 atom stereocenters. The van der Waals surface area contributed by atoms with Gasteiger partial charge in [0.1, 0.15) is 0 Å². The van der Waals surface area contributed by atoms with Crippen molar-refractivity contribution in [2.24, 2.45) is 0 Å². The van der Waals surface area contributed by atoms with E-state index < -0.39 is 14.5 Å². The van der Waals surface area contributed by atoms with E-state index in [2.05, 4.69) is 165 Å². The van der Waals surface area contributed by atoms with Gasteiger partial charge in [-0.05, 0) is 0 Å². The van der Waals surface area contributed by atoms with Gasteiger partial charge in [-0.1, -0.05) is 0 Å². The number of rotatable bonds is 10. The quantitative estimate of drug-likeness (QED) is 0.121. The van der Waals surface area contributed by atoms with E-state index >= 15 is 0 Å². The zero-order valence-corrected chi connectivity index (χ0v) is 39.6. The van der Waals surface area contributed by atoms with Crippen LogP contribution in [0.1, 0.15) is 89.5 Å². The summed E-state index contributed by atoms with van der Waals surface area (Å²) in [5.41, 5.74) is 22.2. The molecule has 2 fully saturated rings. The first kappa shape index (κ1) is 41.9. The van der Waals surface area contributed by atoms with E-state index in [-0.39, 0.29) is 0 Å². The minimum absolute atomic E-state index is 1.34. The van der Waals surface area contributed by atoms with Gasteiger partial charge < -0.3 is 0 Å². The first-order valence-corrected chi connectivity index (χ1v) is 28.3. The Balaban J connectivity index is 1.20. The van der Waals surface area contributed by atoms with Crippen LogP contribution in [0.25, 0.3) is 44.5 Å². The maximum atomic E-state index is 2.69. The van der Waals surface area contributed by atoms with Crippen molar-refractivity contribution in [1.82, 2.24) is 0 Å². The van der Waals surface area contributed by atoms with Crippen molar-refractivity contribution >= 4 is 25.1 Å². The van der Waals surface area contributed by atoms with Crippen molar-refractivity contribution in [3.63, 3.8) is 0 Å². The van der Waals surface area contributed by atoms with Crippen LogP contribution >= 0.6 is 14.5 Å². The summed E-state index contributed by atoms with van der Waals surface area (Å²) in [7, 11) is -3.59. The predicted octanol–water partition coefficient (Wildman–Crippen LogP) is 15.0. The van der Waals surface area contributed by atoms with E-state index in [9.17, 15) is 0 Å². The molecule has 0 aromatic heterocycles. The minimum atomic E-state index is -1.79. The molecule has 0 nitrogen and oxygen atoms in total. The standard InChI is InChI=1S/C57H70P2/c1-40-16-20-54(44(5)30-40)48-34-49(55-21-17-41(2)31-45(55)6)37-52(36-48)58(24-11-9-12-25-58)28-15-29-59(26-13-10-14-27-59)53-38-50(56-22-18-42(3)32-46(56)7)35-51(39-53)57-23-19-43(4)33-47(57)8/h16-23,30-39,58-59H,9-15,24-29H2,1-8H3. The third-order valence-corrected chi connectivity index (χ3v) is 25.7. The first-order chi connectivity index (χ1) is 28.4. The Kier molecular flexibility index (Phi) is 12.5. The van der Waals surface area contributed by atoms with Crippen LogP contribution in [0.3, 0.4) is 0 Å². The van der Waals surface area contributed by atoms with Gasteiger partial charge >= 0.3 is 361 Å². The summed E-state index contributed by atoms with van der Waals surface area (Å²) in [5, 5.41) is 3.47. The monoisotopic (exact) mass is 816 g/mol. The summed E-state index contributed by atoms with van der Waals surface area (Å²) in [6.45, 7) is 18.2. The number of benzene rings is 6. The molecular formula is C57H70P2. The first-order valence-electron chi connectivity index (χ1n) is 23.0. The van der Waals surface area contributed by atoms with Crippen molar-refractivity contribution in [3.05, 3.63) is 154 Å². The molecule has 59 heavy (non-hydrogen) atoms. The molecule has 0 N–H and O–H groups in total. The molecule has 0 bridgehead atoms. The SMILES string of the molecule is Cc1ccc(-c2cc(-c3ccc(C)cc3C)cc([PH]3(CCC[PH]4(c5cc(-c6ccc(C)cc6C)cc(-c6ccc(C)cc6C)c5)CCCCC4)CCCCC3)c2)c(C)c1. The molecule has 2 heteroatoms. The van der Waals surface area contributed by atoms with Gasteiger partial charge in [0.25, 0.3) is 0 Å². The molecule has 0 aliphatic carbocycles. The molecule has 6 aromatic rings. The van der Waals surface area contributed by atoms with E-state index in [4.69, 9.17) is 0 Å². The molecule has 8 rings (SSSR count). The van der Waals surface area contributed by atoms with Crippen LogP contribution in [-0.4, -0.2) is 37.0 Å². The van der Waals surface area contributed by atoms with Crippen LogP contribution in [0, 0.1) is 55.4 Å². The molecule has 0 unspecified atom stereocenters. The van der Waals surface area contributed by atoms with Crippen molar-refractivity contribution in [1.29, 1.82) is 0 Å². The molecule has 0 amide bonds. The van der Waals surface area contributed by atoms with Gasteiger partial charge in [-0.15, -0.1) is 0 Å². The number of hydrogen-bond acceptors (Lipinski definition) is 0. The zero-order chi connectivity index (χ0) is 41.3. The third-order valence-electron chi connectivity index (χ3n) is 14.8. The van der Waals surface area contributed by atoms with E-state index in [1.54, 1.807) is 10.6 Å². The Hall–Kier alpha value is -3.82. The summed E-state index contributed by atoms with van der Waals surface area (Å²) >= 11 is 0. The molecular weight excluding hydrogens is 747 g/mol. The van der Waals surface area contributed by atoms with Crippen LogP contribution < -0.4 is 10.6 Å². The normalized spacial score (nSPS) is 17.4. The Morgan fingerprint density at radius 3 is 0.847 bits per heavy atom. The van der Waals surface area contributed by atoms with Crippen LogP contribution in [0.5, 0.6) is 0 Å². The Bertz CT molecular complexity index is 2160. The Morgan fingerprint density at radius 2 is 0.593 bits per heavy atom. The van der Waals surface area contributed by atoms with Gasteiger partial charge in [0.15, 0.2) is 0 Å². The second-order valence-electron chi connectivity index (χ2n) is 19.4. The van der Waals surface area contributed by atoms with Crippen LogP contribution in [0.2, 0.25) is 0 Å². The average Bonchev–Trinajstić information content (AvgIpc) is 3.21. The number of hydrogen-bond donors (Lipinski definition) is 0. The summed E-state index contributed by atoms with van der Waals surface area (Å²) in [6, 6.07) is 44.1. The molecule has 2 saturated heterocycles. The van der Waals surface area contributed by atoms with E-state index in [1.165, 1.54) is 171 Å². The Labute approximate surface area is 359 Å². The van der Waals surface area contributed by atoms with Crippen molar-refractivity contribution in [3.8, 4) is 44.5 Å². The van der Waals surface area contributed by atoms with Gasteiger partial charge in [0, 0.05) is 0 Å². The second-order valence-corrected chi connectivity index (χ2v) is 28.7. The second kappa shape index (κ2) is 17.6. The van der Waals surface area contributed by atoms with Gasteiger partial charge in [0.05, 0.1) is 0 Å². The topological polar surface area (TPSA) is 0 Å². The molecule has 0 saturated carbocycles. The molecule has 2 aliphatic heterocycles. The summed E-state index contributed by atoms with van der Waals surface area (Å²) < 4.78 is 0. The molecule has 0 radical (unpaired) electrons. The van der Waals surface area contributed by atoms with E-state index in [0.29, 0.717) is 0 Å². The van der Waals surface area contributed by atoms with Crippen molar-refractivity contribution in [2.45, 2.75) is 100 Å². The molecule has 2 heterocycles. The van der Waals surface area contributed by atoms with Gasteiger partial charge in [0.2, 0.25) is 0 Å². The molecule has 0 spiro atoms. The van der Waals surface area contributed by atoms with Crippen molar-refractivity contribution in [2.75, 3.05) is 37.0 Å². The predicted molar refractivity (Wildman–Crippen MR) is 270 cm³/mol. The van der Waals surface area contributed by atoms with E-state index in [1.807, 2.05) is 0 Å². The van der Waals surface area contributed by atoms with E-state index in [0.717, 1.165) is 0 Å². The fourth-order valence-corrected chi connectivity index (χ4v) is 22.5. The summed E-state index contributed by atoms with van der Waals surface area (Å²) in [5.74, 6) is 0. The molecule has 6 aromatic carbocycles. The summed E-state index contributed by atoms with van der Waals surface area (Å²) in [4.78, 5) is 0. The zero-order valence-electron chi connectivity index (χ0n) is 37.6. The van der Waals surface area contributed by atoms with Crippen LogP contribution in [0.15, 0.2) is 109 Å². The van der Waals surface area contributed by atoms with Crippen LogP contribution in [0.4, 0.5) is 0 Å². The summed E-state index contributed by atoms with van der Waals surface area (Å²) in [6.07, 6.45) is 18.5. The molecule has 2 aliphatic rings. The van der Waals surface area contributed by atoms with Gasteiger partial charge in [-0.2, -0.15) is 0 Å². The third kappa shape index (κ3) is 8.98. The average molecular weight is 817 g/mol. The van der Waals surface area contributed by atoms with Crippen molar-refractivity contribution < 1.29 is 0 Å². The number of aryl methyl sites for hydroxylation is 8. The van der Waals surface area contributed by atoms with Crippen LogP contribution in [-0.2, 0) is 0 Å². The van der Waals surface area contributed by atoms with Gasteiger partial charge in [-0.3, -0.25) is 0 Å². The fraction of sp³-hybridized carbons (Fsp3) is 0.368. The Morgan fingerprint density at radius 1 is 0.322 bits per heavy atom. The molecule has 308 valence electrons. The maximum absolute atomic E-state index is 2.69. The fourth-order valence-electron chi connectivity index (χ4n) is 11.6. The van der Waals surface area contributed by atoms with Gasteiger partial charge in [-0.25, -0.2) is 0 Å².